The molecule has 0 saturated carbocycles. The first-order chi connectivity index (χ1) is 6.84. The number of aryl methyl sites for hydroxylation is 2. The fourth-order valence-corrected chi connectivity index (χ4v) is 1.62. The van der Waals surface area contributed by atoms with E-state index in [1.165, 1.54) is 16.7 Å². The molecule has 0 aliphatic carbocycles. The van der Waals surface area contributed by atoms with Crippen LogP contribution < -0.4 is 5.73 Å². The van der Waals surface area contributed by atoms with Crippen molar-refractivity contribution in [3.63, 3.8) is 0 Å². The van der Waals surface area contributed by atoms with Crippen molar-refractivity contribution in [1.29, 1.82) is 0 Å². The number of hydrogen-bond acceptors (Lipinski definition) is 2. The zero-order valence-electron chi connectivity index (χ0n) is 9.92. The molecule has 0 aliphatic heterocycles. The van der Waals surface area contributed by atoms with Crippen LogP contribution in [0, 0.1) is 13.8 Å². The largest absolute Gasteiger partial charge is 0.319 e. The lowest BCUT2D eigenvalue weighted by Gasteiger charge is -2.23. The topological polar surface area (TPSA) is 43.1 Å². The van der Waals surface area contributed by atoms with Crippen molar-refractivity contribution in [2.45, 2.75) is 39.7 Å². The summed E-state index contributed by atoms with van der Waals surface area (Å²) in [4.78, 5) is 11.4. The van der Waals surface area contributed by atoms with Gasteiger partial charge in [0.15, 0.2) is 0 Å². The molecule has 0 heterocycles. The first-order valence-electron chi connectivity index (χ1n) is 5.19. The van der Waals surface area contributed by atoms with Gasteiger partial charge in [-0.25, -0.2) is 0 Å². The summed E-state index contributed by atoms with van der Waals surface area (Å²) >= 11 is 0. The monoisotopic (exact) mass is 205 g/mol. The van der Waals surface area contributed by atoms with Crippen molar-refractivity contribution < 1.29 is 4.79 Å². The highest BCUT2D eigenvalue weighted by atomic mass is 16.1. The van der Waals surface area contributed by atoms with Crippen LogP contribution in [0.25, 0.3) is 0 Å². The summed E-state index contributed by atoms with van der Waals surface area (Å²) in [6.07, 6.45) is 0.612. The summed E-state index contributed by atoms with van der Waals surface area (Å²) in [7, 11) is 0. The zero-order valence-corrected chi connectivity index (χ0v) is 9.92. The van der Waals surface area contributed by atoms with Gasteiger partial charge in [-0.05, 0) is 50.8 Å². The van der Waals surface area contributed by atoms with E-state index in [1.807, 2.05) is 6.07 Å². The van der Waals surface area contributed by atoms with Crippen LogP contribution in [0.1, 0.15) is 30.5 Å². The maximum Gasteiger partial charge on any atom is 0.149 e. The van der Waals surface area contributed by atoms with Crippen molar-refractivity contribution in [2.75, 3.05) is 0 Å². The van der Waals surface area contributed by atoms with Crippen LogP contribution in [0.4, 0.5) is 0 Å². The third kappa shape index (κ3) is 2.66. The van der Waals surface area contributed by atoms with Crippen LogP contribution in [0.2, 0.25) is 0 Å². The van der Waals surface area contributed by atoms with Crippen molar-refractivity contribution in [2.24, 2.45) is 5.73 Å². The molecule has 0 saturated heterocycles. The highest BCUT2D eigenvalue weighted by Gasteiger charge is 2.25. The van der Waals surface area contributed by atoms with Crippen LogP contribution >= 0.6 is 0 Å². The Balaban J connectivity index is 3.04. The Morgan fingerprint density at radius 3 is 2.20 bits per heavy atom. The van der Waals surface area contributed by atoms with E-state index in [2.05, 4.69) is 26.0 Å². The number of carbonyl (C=O) groups is 1. The van der Waals surface area contributed by atoms with Crippen molar-refractivity contribution in [3.05, 3.63) is 34.9 Å². The minimum Gasteiger partial charge on any atom is -0.319 e. The number of benzene rings is 1. The van der Waals surface area contributed by atoms with E-state index >= 15 is 0 Å². The van der Waals surface area contributed by atoms with Gasteiger partial charge >= 0.3 is 0 Å². The van der Waals surface area contributed by atoms with E-state index in [0.717, 1.165) is 0 Å². The molecule has 0 spiro atoms. The molecule has 0 radical (unpaired) electrons. The van der Waals surface area contributed by atoms with Gasteiger partial charge in [0.1, 0.15) is 5.78 Å². The highest BCUT2D eigenvalue weighted by molar-refractivity contribution is 5.85. The van der Waals surface area contributed by atoms with Gasteiger partial charge in [-0.3, -0.25) is 4.79 Å². The number of hydrogen-bond donors (Lipinski definition) is 1. The van der Waals surface area contributed by atoms with E-state index in [4.69, 9.17) is 5.73 Å². The summed E-state index contributed by atoms with van der Waals surface area (Å²) in [5, 5.41) is 0. The normalized spacial score (nSPS) is 14.7. The standard InChI is InChI=1S/C13H19NO/c1-9-6-5-7-10(2)12(9)8-13(4,14)11(3)15/h5-7H,8,14H2,1-4H3. The molecule has 0 aromatic heterocycles. The molecule has 0 amide bonds. The summed E-state index contributed by atoms with van der Waals surface area (Å²) < 4.78 is 0. The average molecular weight is 205 g/mol. The molecule has 1 rings (SSSR count). The van der Waals surface area contributed by atoms with Crippen LogP contribution in [-0.4, -0.2) is 11.3 Å². The fraction of sp³-hybridized carbons (Fsp3) is 0.462. The molecule has 2 nitrogen and oxygen atoms in total. The Bertz CT molecular complexity index is 360. The van der Waals surface area contributed by atoms with Crippen molar-refractivity contribution in [1.82, 2.24) is 0 Å². The van der Waals surface area contributed by atoms with Gasteiger partial charge < -0.3 is 5.73 Å². The zero-order chi connectivity index (χ0) is 11.6. The number of ketones is 1. The number of Topliss-reactive ketones (excluding diaryl/α,β-unsaturated/α-hetero) is 1. The molecule has 1 atom stereocenters. The Kier molecular flexibility index (Phi) is 3.30. The maximum atomic E-state index is 11.4. The van der Waals surface area contributed by atoms with E-state index in [9.17, 15) is 4.79 Å². The SMILES string of the molecule is CC(=O)C(C)(N)Cc1c(C)cccc1C. The van der Waals surface area contributed by atoms with Gasteiger partial charge in [0.05, 0.1) is 5.54 Å². The van der Waals surface area contributed by atoms with Crippen molar-refractivity contribution >= 4 is 5.78 Å². The van der Waals surface area contributed by atoms with E-state index in [1.54, 1.807) is 13.8 Å². The predicted octanol–water partition coefficient (Wildman–Crippen LogP) is 2.15. The van der Waals surface area contributed by atoms with Gasteiger partial charge in [-0.1, -0.05) is 18.2 Å². The molecule has 0 fully saturated rings. The number of nitrogens with two attached hydrogens (primary N) is 1. The molecule has 1 aromatic carbocycles. The third-order valence-corrected chi connectivity index (χ3v) is 2.99. The van der Waals surface area contributed by atoms with E-state index in [0.29, 0.717) is 6.42 Å². The Morgan fingerprint density at radius 2 is 1.80 bits per heavy atom. The summed E-state index contributed by atoms with van der Waals surface area (Å²) in [5.74, 6) is 0.0325. The third-order valence-electron chi connectivity index (χ3n) is 2.99. The average Bonchev–Trinajstić information content (AvgIpc) is 2.11. The second kappa shape index (κ2) is 4.15. The lowest BCUT2D eigenvalue weighted by Crippen LogP contribution is -2.45. The Hall–Kier alpha value is -1.15. The Morgan fingerprint density at radius 1 is 1.33 bits per heavy atom. The molecule has 0 bridgehead atoms. The first-order valence-corrected chi connectivity index (χ1v) is 5.19. The molecule has 15 heavy (non-hydrogen) atoms. The Labute approximate surface area is 91.5 Å². The molecule has 1 unspecified atom stereocenters. The van der Waals surface area contributed by atoms with Crippen LogP contribution in [0.3, 0.4) is 0 Å². The minimum absolute atomic E-state index is 0.0325. The quantitative estimate of drug-likeness (QED) is 0.821. The minimum atomic E-state index is -0.753. The molecule has 82 valence electrons. The smallest absolute Gasteiger partial charge is 0.149 e. The van der Waals surface area contributed by atoms with E-state index < -0.39 is 5.54 Å². The summed E-state index contributed by atoms with van der Waals surface area (Å²) in [6.45, 7) is 7.45. The second-order valence-corrected chi connectivity index (χ2v) is 4.52. The maximum absolute atomic E-state index is 11.4. The van der Waals surface area contributed by atoms with Crippen LogP contribution in [0.5, 0.6) is 0 Å². The molecular formula is C13H19NO. The first kappa shape index (κ1) is 11.9. The summed E-state index contributed by atoms with van der Waals surface area (Å²) in [5.41, 5.74) is 8.82. The van der Waals surface area contributed by atoms with Gasteiger partial charge in [0.25, 0.3) is 0 Å². The van der Waals surface area contributed by atoms with Crippen LogP contribution in [-0.2, 0) is 11.2 Å². The number of rotatable bonds is 3. The second-order valence-electron chi connectivity index (χ2n) is 4.52. The van der Waals surface area contributed by atoms with Gasteiger partial charge in [-0.15, -0.1) is 0 Å². The predicted molar refractivity (Wildman–Crippen MR) is 62.9 cm³/mol. The number of carbonyl (C=O) groups excluding carboxylic acids is 1. The van der Waals surface area contributed by atoms with Crippen LogP contribution in [0.15, 0.2) is 18.2 Å². The molecular weight excluding hydrogens is 186 g/mol. The molecule has 0 aliphatic rings. The van der Waals surface area contributed by atoms with E-state index in [-0.39, 0.29) is 5.78 Å². The molecule has 1 aromatic rings. The van der Waals surface area contributed by atoms with Gasteiger partial charge in [0.2, 0.25) is 0 Å². The molecule has 2 heteroatoms. The highest BCUT2D eigenvalue weighted by Crippen LogP contribution is 2.19. The fourth-order valence-electron chi connectivity index (χ4n) is 1.62. The van der Waals surface area contributed by atoms with Crippen molar-refractivity contribution in [3.8, 4) is 0 Å². The van der Waals surface area contributed by atoms with Gasteiger partial charge in [-0.2, -0.15) is 0 Å². The summed E-state index contributed by atoms with van der Waals surface area (Å²) in [6, 6.07) is 6.13. The lowest BCUT2D eigenvalue weighted by atomic mass is 9.86. The lowest BCUT2D eigenvalue weighted by molar-refractivity contribution is -0.121. The molecule has 2 N–H and O–H groups in total. The van der Waals surface area contributed by atoms with Gasteiger partial charge in [0, 0.05) is 0 Å².